The molecule has 2 atom stereocenters. The van der Waals surface area contributed by atoms with Crippen LogP contribution in [0.3, 0.4) is 0 Å². The molecular formula is C31H31Cl2N5O5. The molecule has 2 aliphatic heterocycles. The standard InChI is InChI=1S/C31H31Cl2N5O5/c32-22-1-10-28(29(33)17-22)31(20-36-12-11-34-21-36)42-19-27(43-31)18-41-26-8-6-25(7-9-26)38-15-13-37(14-16-38)24-4-2-23(3-5-24)35-30(39)40/h1-12,17,21,27,35H,13-16,18-20H2,(H,39,40). The third kappa shape index (κ3) is 6.83. The van der Waals surface area contributed by atoms with Crippen LogP contribution in [0.15, 0.2) is 85.5 Å². The van der Waals surface area contributed by atoms with Crippen molar-refractivity contribution in [3.8, 4) is 5.75 Å². The first-order valence-corrected chi connectivity index (χ1v) is 14.7. The summed E-state index contributed by atoms with van der Waals surface area (Å²) in [4.78, 5) is 19.6. The fraction of sp³-hybridized carbons (Fsp3) is 0.290. The van der Waals surface area contributed by atoms with Crippen molar-refractivity contribution in [2.45, 2.75) is 18.4 Å². The van der Waals surface area contributed by atoms with Crippen LogP contribution >= 0.6 is 23.2 Å². The van der Waals surface area contributed by atoms with Crippen LogP contribution in [0.4, 0.5) is 21.9 Å². The Morgan fingerprint density at radius 2 is 1.67 bits per heavy atom. The van der Waals surface area contributed by atoms with E-state index in [1.807, 2.05) is 41.1 Å². The van der Waals surface area contributed by atoms with Crippen molar-refractivity contribution >= 4 is 46.4 Å². The van der Waals surface area contributed by atoms with Crippen molar-refractivity contribution in [2.75, 3.05) is 54.5 Å². The van der Waals surface area contributed by atoms with Gasteiger partial charge in [0.15, 0.2) is 0 Å². The van der Waals surface area contributed by atoms with Gasteiger partial charge in [0.2, 0.25) is 5.79 Å². The van der Waals surface area contributed by atoms with Gasteiger partial charge in [-0.3, -0.25) is 5.32 Å². The Morgan fingerprint density at radius 3 is 2.28 bits per heavy atom. The molecular weight excluding hydrogens is 593 g/mol. The van der Waals surface area contributed by atoms with E-state index in [1.165, 1.54) is 0 Å². The average Bonchev–Trinajstić information content (AvgIpc) is 3.67. The number of imidazole rings is 1. The largest absolute Gasteiger partial charge is 0.491 e. The molecule has 0 spiro atoms. The summed E-state index contributed by atoms with van der Waals surface area (Å²) in [5.74, 6) is -0.350. The molecule has 2 fully saturated rings. The lowest BCUT2D eigenvalue weighted by molar-refractivity contribution is -0.189. The molecule has 43 heavy (non-hydrogen) atoms. The molecule has 0 bridgehead atoms. The summed E-state index contributed by atoms with van der Waals surface area (Å²) in [7, 11) is 0. The molecule has 1 aromatic heterocycles. The predicted molar refractivity (Wildman–Crippen MR) is 166 cm³/mol. The fourth-order valence-electron chi connectivity index (χ4n) is 5.42. The van der Waals surface area contributed by atoms with Gasteiger partial charge in [0, 0.05) is 66.2 Å². The lowest BCUT2D eigenvalue weighted by Crippen LogP contribution is -2.46. The van der Waals surface area contributed by atoms with E-state index in [-0.39, 0.29) is 6.10 Å². The first-order valence-electron chi connectivity index (χ1n) is 13.9. The number of nitrogens with one attached hydrogen (secondary N) is 1. The highest BCUT2D eigenvalue weighted by atomic mass is 35.5. The molecule has 2 unspecified atom stereocenters. The van der Waals surface area contributed by atoms with E-state index in [0.717, 1.165) is 43.3 Å². The van der Waals surface area contributed by atoms with Gasteiger partial charge in [-0.05, 0) is 60.7 Å². The van der Waals surface area contributed by atoms with Crippen LogP contribution in [0.1, 0.15) is 5.56 Å². The van der Waals surface area contributed by atoms with Crippen molar-refractivity contribution in [3.63, 3.8) is 0 Å². The molecule has 0 aliphatic carbocycles. The zero-order valence-corrected chi connectivity index (χ0v) is 24.7. The molecule has 4 aromatic rings. The Labute approximate surface area is 259 Å². The molecule has 0 radical (unpaired) electrons. The monoisotopic (exact) mass is 623 g/mol. The third-order valence-corrected chi connectivity index (χ3v) is 8.10. The topological polar surface area (TPSA) is 101 Å². The molecule has 0 saturated carbocycles. The van der Waals surface area contributed by atoms with E-state index in [2.05, 4.69) is 32.2 Å². The van der Waals surface area contributed by atoms with E-state index in [1.54, 1.807) is 36.8 Å². The minimum atomic E-state index is -1.10. The second-order valence-corrected chi connectivity index (χ2v) is 11.3. The normalized spacial score (nSPS) is 20.3. The van der Waals surface area contributed by atoms with Crippen LogP contribution < -0.4 is 19.9 Å². The zero-order valence-electron chi connectivity index (χ0n) is 23.2. The van der Waals surface area contributed by atoms with Crippen molar-refractivity contribution in [1.29, 1.82) is 0 Å². The van der Waals surface area contributed by atoms with Crippen molar-refractivity contribution in [1.82, 2.24) is 9.55 Å². The summed E-state index contributed by atoms with van der Waals surface area (Å²) in [6.45, 7) is 4.50. The van der Waals surface area contributed by atoms with Gasteiger partial charge in [0.05, 0.1) is 24.5 Å². The fourth-order valence-corrected chi connectivity index (χ4v) is 5.97. The van der Waals surface area contributed by atoms with Gasteiger partial charge in [0.1, 0.15) is 18.5 Å². The number of halogens is 2. The number of carbonyl (C=O) groups is 1. The summed E-state index contributed by atoms with van der Waals surface area (Å²) < 4.78 is 20.7. The Balaban J connectivity index is 1.03. The average molecular weight is 625 g/mol. The van der Waals surface area contributed by atoms with Gasteiger partial charge >= 0.3 is 6.09 Å². The SMILES string of the molecule is O=C(O)Nc1ccc(N2CCN(c3ccc(OCC4COC(Cn5ccnc5)(c5ccc(Cl)cc5Cl)O4)cc3)CC2)cc1. The van der Waals surface area contributed by atoms with Crippen LogP contribution in [0.5, 0.6) is 5.75 Å². The maximum Gasteiger partial charge on any atom is 0.409 e. The molecule has 1 amide bonds. The number of benzene rings is 3. The summed E-state index contributed by atoms with van der Waals surface area (Å²) in [6.07, 6.45) is 3.89. The maximum absolute atomic E-state index is 10.8. The van der Waals surface area contributed by atoms with E-state index in [4.69, 9.17) is 42.5 Å². The Hall–Kier alpha value is -3.96. The van der Waals surface area contributed by atoms with Crippen LogP contribution in [0.25, 0.3) is 0 Å². The lowest BCUT2D eigenvalue weighted by atomic mass is 10.1. The third-order valence-electron chi connectivity index (χ3n) is 7.55. The van der Waals surface area contributed by atoms with Gasteiger partial charge in [0.25, 0.3) is 0 Å². The van der Waals surface area contributed by atoms with Crippen molar-refractivity contribution < 1.29 is 24.1 Å². The summed E-state index contributed by atoms with van der Waals surface area (Å²) >= 11 is 12.7. The van der Waals surface area contributed by atoms with Gasteiger partial charge in [-0.15, -0.1) is 0 Å². The van der Waals surface area contributed by atoms with Gasteiger partial charge in [-0.25, -0.2) is 9.78 Å². The van der Waals surface area contributed by atoms with Gasteiger partial charge in [-0.1, -0.05) is 29.3 Å². The number of piperazine rings is 1. The molecule has 2 N–H and O–H groups in total. The second-order valence-electron chi connectivity index (χ2n) is 10.4. The smallest absolute Gasteiger partial charge is 0.409 e. The first-order chi connectivity index (χ1) is 20.9. The number of anilines is 3. The van der Waals surface area contributed by atoms with Crippen molar-refractivity contribution in [2.24, 2.45) is 0 Å². The quantitative estimate of drug-likeness (QED) is 0.236. The minimum absolute atomic E-state index is 0.308. The van der Waals surface area contributed by atoms with E-state index >= 15 is 0 Å². The first kappa shape index (κ1) is 29.1. The number of ether oxygens (including phenoxy) is 3. The molecule has 3 heterocycles. The number of nitrogens with zero attached hydrogens (tertiary/aromatic N) is 4. The highest BCUT2D eigenvalue weighted by Gasteiger charge is 2.45. The van der Waals surface area contributed by atoms with Gasteiger partial charge in [-0.2, -0.15) is 0 Å². The van der Waals surface area contributed by atoms with E-state index < -0.39 is 11.9 Å². The molecule has 224 valence electrons. The Morgan fingerprint density at radius 1 is 1.00 bits per heavy atom. The molecule has 10 nitrogen and oxygen atoms in total. The summed E-state index contributed by atoms with van der Waals surface area (Å²) in [5.41, 5.74) is 3.46. The molecule has 2 saturated heterocycles. The minimum Gasteiger partial charge on any atom is -0.491 e. The van der Waals surface area contributed by atoms with Gasteiger partial charge < -0.3 is 33.7 Å². The maximum atomic E-state index is 10.8. The lowest BCUT2D eigenvalue weighted by Gasteiger charge is -2.37. The summed E-state index contributed by atoms with van der Waals surface area (Å²) in [5, 5.41) is 12.3. The number of hydrogen-bond acceptors (Lipinski definition) is 7. The Bertz CT molecular complexity index is 1530. The summed E-state index contributed by atoms with van der Waals surface area (Å²) in [6, 6.07) is 20.8. The number of rotatable bonds is 9. The molecule has 12 heteroatoms. The van der Waals surface area contributed by atoms with Crippen LogP contribution in [0, 0.1) is 0 Å². The highest BCUT2D eigenvalue weighted by Crippen LogP contribution is 2.40. The van der Waals surface area contributed by atoms with Crippen LogP contribution in [0.2, 0.25) is 10.0 Å². The number of carboxylic acid groups (broad SMARTS) is 1. The van der Waals surface area contributed by atoms with E-state index in [0.29, 0.717) is 41.1 Å². The predicted octanol–water partition coefficient (Wildman–Crippen LogP) is 5.95. The molecule has 6 rings (SSSR count). The van der Waals surface area contributed by atoms with Crippen LogP contribution in [-0.4, -0.2) is 66.2 Å². The molecule has 3 aromatic carbocycles. The Kier molecular flexibility index (Phi) is 8.62. The van der Waals surface area contributed by atoms with E-state index in [9.17, 15) is 4.79 Å². The molecule has 2 aliphatic rings. The number of aromatic nitrogens is 2. The van der Waals surface area contributed by atoms with Crippen molar-refractivity contribution in [3.05, 3.63) is 101 Å². The number of hydrogen-bond donors (Lipinski definition) is 2. The second kappa shape index (κ2) is 12.7. The van der Waals surface area contributed by atoms with Crippen LogP contribution in [-0.2, 0) is 21.8 Å². The highest BCUT2D eigenvalue weighted by molar-refractivity contribution is 6.35. The number of amides is 1. The zero-order chi connectivity index (χ0) is 29.8.